The topological polar surface area (TPSA) is 50.8 Å². The predicted octanol–water partition coefficient (Wildman–Crippen LogP) is 2.35. The zero-order valence-electron chi connectivity index (χ0n) is 14.6. The first kappa shape index (κ1) is 21.4. The highest BCUT2D eigenvalue weighted by atomic mass is 19.4. The summed E-state index contributed by atoms with van der Waals surface area (Å²) in [5.41, 5.74) is 1.52. The minimum Gasteiger partial charge on any atom is -0.385 e. The Balaban J connectivity index is 2.27. The van der Waals surface area contributed by atoms with E-state index in [0.717, 1.165) is 18.5 Å². The van der Waals surface area contributed by atoms with Crippen molar-refractivity contribution in [2.24, 2.45) is 0 Å². The number of carbonyl (C=O) groups excluding carboxylic acids is 1. The van der Waals surface area contributed by atoms with E-state index in [9.17, 15) is 18.0 Å². The van der Waals surface area contributed by atoms with E-state index in [-0.39, 0.29) is 12.5 Å². The van der Waals surface area contributed by atoms with Crippen LogP contribution in [0.4, 0.5) is 13.2 Å². The number of benzene rings is 1. The molecule has 0 spiro atoms. The largest absolute Gasteiger partial charge is 0.411 e. The molecule has 0 saturated heterocycles. The van der Waals surface area contributed by atoms with E-state index in [1.165, 1.54) is 0 Å². The first-order chi connectivity index (χ1) is 11.8. The van der Waals surface area contributed by atoms with E-state index in [4.69, 9.17) is 4.74 Å². The molecule has 0 saturated carbocycles. The van der Waals surface area contributed by atoms with E-state index in [1.54, 1.807) is 31.4 Å². The molecule has 1 amide bonds. The molecular formula is C17H25F3N2O3. The van der Waals surface area contributed by atoms with Crippen LogP contribution in [0.5, 0.6) is 0 Å². The molecule has 0 fully saturated rings. The van der Waals surface area contributed by atoms with Gasteiger partial charge < -0.3 is 14.8 Å². The SMILES string of the molecule is COCCCN(C)CC(=O)NCc1ccc(COCC(F)(F)F)cc1. The van der Waals surface area contributed by atoms with Gasteiger partial charge in [0, 0.05) is 26.8 Å². The molecule has 142 valence electrons. The van der Waals surface area contributed by atoms with Crippen molar-refractivity contribution in [2.75, 3.05) is 40.5 Å². The highest BCUT2D eigenvalue weighted by Gasteiger charge is 2.27. The summed E-state index contributed by atoms with van der Waals surface area (Å²) in [7, 11) is 3.51. The smallest absolute Gasteiger partial charge is 0.385 e. The normalized spacial score (nSPS) is 11.8. The highest BCUT2D eigenvalue weighted by molar-refractivity contribution is 5.77. The minimum absolute atomic E-state index is 0.0856. The first-order valence-corrected chi connectivity index (χ1v) is 7.96. The maximum atomic E-state index is 12.0. The standard InChI is InChI=1S/C17H25F3N2O3/c1-22(8-3-9-24-2)11-16(23)21-10-14-4-6-15(7-5-14)12-25-13-17(18,19)20/h4-7H,3,8-13H2,1-2H3,(H,21,23). The lowest BCUT2D eigenvalue weighted by Crippen LogP contribution is -2.35. The Morgan fingerprint density at radius 1 is 1.20 bits per heavy atom. The number of nitrogens with one attached hydrogen (secondary N) is 1. The number of amides is 1. The number of nitrogens with zero attached hydrogens (tertiary/aromatic N) is 1. The number of rotatable bonds is 11. The highest BCUT2D eigenvalue weighted by Crippen LogP contribution is 2.15. The summed E-state index contributed by atoms with van der Waals surface area (Å²) in [6.07, 6.45) is -3.46. The van der Waals surface area contributed by atoms with Crippen LogP contribution in [0.2, 0.25) is 0 Å². The van der Waals surface area contributed by atoms with E-state index in [1.807, 2.05) is 11.9 Å². The Kier molecular flexibility index (Phi) is 9.48. The van der Waals surface area contributed by atoms with Crippen LogP contribution in [0.1, 0.15) is 17.5 Å². The Hall–Kier alpha value is -1.64. The Labute approximate surface area is 146 Å². The van der Waals surface area contributed by atoms with Crippen LogP contribution in [-0.4, -0.2) is 57.4 Å². The van der Waals surface area contributed by atoms with Crippen LogP contribution in [0, 0.1) is 0 Å². The molecule has 0 heterocycles. The van der Waals surface area contributed by atoms with Crippen LogP contribution in [-0.2, 0) is 27.4 Å². The number of alkyl halides is 3. The number of likely N-dealkylation sites (N-methyl/N-ethyl adjacent to an activating group) is 1. The summed E-state index contributed by atoms with van der Waals surface area (Å²) in [5, 5.41) is 2.81. The van der Waals surface area contributed by atoms with Gasteiger partial charge in [-0.05, 0) is 24.6 Å². The summed E-state index contributed by atoms with van der Waals surface area (Å²) in [5.74, 6) is -0.0856. The van der Waals surface area contributed by atoms with E-state index in [2.05, 4.69) is 10.1 Å². The minimum atomic E-state index is -4.32. The van der Waals surface area contributed by atoms with Gasteiger partial charge in [-0.2, -0.15) is 13.2 Å². The zero-order chi connectivity index (χ0) is 18.7. The lowest BCUT2D eigenvalue weighted by Gasteiger charge is -2.16. The second kappa shape index (κ2) is 11.1. The predicted molar refractivity (Wildman–Crippen MR) is 88.0 cm³/mol. The van der Waals surface area contributed by atoms with Gasteiger partial charge in [0.25, 0.3) is 0 Å². The second-order valence-electron chi connectivity index (χ2n) is 5.79. The fourth-order valence-corrected chi connectivity index (χ4v) is 2.10. The third-order valence-corrected chi connectivity index (χ3v) is 3.35. The molecule has 8 heteroatoms. The fraction of sp³-hybridized carbons (Fsp3) is 0.588. The van der Waals surface area contributed by atoms with Gasteiger partial charge in [0.2, 0.25) is 5.91 Å². The number of methoxy groups -OCH3 is 1. The molecule has 1 rings (SSSR count). The molecule has 1 aromatic rings. The van der Waals surface area contributed by atoms with Gasteiger partial charge in [-0.25, -0.2) is 0 Å². The van der Waals surface area contributed by atoms with Gasteiger partial charge in [-0.15, -0.1) is 0 Å². The number of carbonyl (C=O) groups is 1. The molecule has 0 aliphatic rings. The van der Waals surface area contributed by atoms with Crippen LogP contribution in [0.3, 0.4) is 0 Å². The number of ether oxygens (including phenoxy) is 2. The van der Waals surface area contributed by atoms with Gasteiger partial charge >= 0.3 is 6.18 Å². The zero-order valence-corrected chi connectivity index (χ0v) is 14.6. The van der Waals surface area contributed by atoms with Crippen LogP contribution >= 0.6 is 0 Å². The molecule has 0 aliphatic carbocycles. The molecule has 1 aromatic carbocycles. The summed E-state index contributed by atoms with van der Waals surface area (Å²) in [6.45, 7) is 0.738. The molecule has 0 radical (unpaired) electrons. The van der Waals surface area contributed by atoms with Gasteiger partial charge in [-0.3, -0.25) is 9.69 Å². The average molecular weight is 362 g/mol. The van der Waals surface area contributed by atoms with E-state index >= 15 is 0 Å². The lowest BCUT2D eigenvalue weighted by molar-refractivity contribution is -0.176. The molecular weight excluding hydrogens is 337 g/mol. The number of halogens is 3. The second-order valence-corrected chi connectivity index (χ2v) is 5.79. The molecule has 0 atom stereocenters. The lowest BCUT2D eigenvalue weighted by atomic mass is 10.1. The molecule has 1 N–H and O–H groups in total. The fourth-order valence-electron chi connectivity index (χ4n) is 2.10. The molecule has 0 aromatic heterocycles. The maximum absolute atomic E-state index is 12.0. The Morgan fingerprint density at radius 3 is 2.44 bits per heavy atom. The molecule has 25 heavy (non-hydrogen) atoms. The summed E-state index contributed by atoms with van der Waals surface area (Å²) >= 11 is 0. The van der Waals surface area contributed by atoms with Crippen molar-refractivity contribution in [3.05, 3.63) is 35.4 Å². The van der Waals surface area contributed by atoms with Crippen molar-refractivity contribution in [2.45, 2.75) is 25.7 Å². The van der Waals surface area contributed by atoms with Gasteiger partial charge in [0.15, 0.2) is 0 Å². The molecule has 0 bridgehead atoms. The van der Waals surface area contributed by atoms with Crippen molar-refractivity contribution < 1.29 is 27.4 Å². The maximum Gasteiger partial charge on any atom is 0.411 e. The molecule has 0 aliphatic heterocycles. The summed E-state index contributed by atoms with van der Waals surface area (Å²) in [6, 6.07) is 6.90. The third kappa shape index (κ3) is 10.8. The van der Waals surface area contributed by atoms with Gasteiger partial charge in [-0.1, -0.05) is 24.3 Å². The number of hydrogen-bond acceptors (Lipinski definition) is 4. The van der Waals surface area contributed by atoms with Crippen molar-refractivity contribution in [3.63, 3.8) is 0 Å². The average Bonchev–Trinajstić information content (AvgIpc) is 2.53. The van der Waals surface area contributed by atoms with Gasteiger partial charge in [0.1, 0.15) is 6.61 Å². The summed E-state index contributed by atoms with van der Waals surface area (Å²) < 4.78 is 45.6. The first-order valence-electron chi connectivity index (χ1n) is 7.96. The molecule has 5 nitrogen and oxygen atoms in total. The van der Waals surface area contributed by atoms with Crippen molar-refractivity contribution >= 4 is 5.91 Å². The van der Waals surface area contributed by atoms with E-state index in [0.29, 0.717) is 25.3 Å². The van der Waals surface area contributed by atoms with Crippen molar-refractivity contribution in [1.29, 1.82) is 0 Å². The molecule has 0 unspecified atom stereocenters. The Bertz CT molecular complexity index is 507. The van der Waals surface area contributed by atoms with Crippen LogP contribution in [0.25, 0.3) is 0 Å². The van der Waals surface area contributed by atoms with Crippen molar-refractivity contribution in [1.82, 2.24) is 10.2 Å². The van der Waals surface area contributed by atoms with Crippen LogP contribution < -0.4 is 5.32 Å². The summed E-state index contributed by atoms with van der Waals surface area (Å²) in [4.78, 5) is 13.8. The van der Waals surface area contributed by atoms with Crippen molar-refractivity contribution in [3.8, 4) is 0 Å². The third-order valence-electron chi connectivity index (χ3n) is 3.35. The monoisotopic (exact) mass is 362 g/mol. The van der Waals surface area contributed by atoms with Crippen LogP contribution in [0.15, 0.2) is 24.3 Å². The van der Waals surface area contributed by atoms with Gasteiger partial charge in [0.05, 0.1) is 13.2 Å². The number of hydrogen-bond donors (Lipinski definition) is 1. The quantitative estimate of drug-likeness (QED) is 0.614. The Morgan fingerprint density at radius 2 is 1.84 bits per heavy atom. The van der Waals surface area contributed by atoms with E-state index < -0.39 is 12.8 Å².